The average Bonchev–Trinajstić information content (AvgIpc) is 2.72. The second kappa shape index (κ2) is 12.7. The van der Waals surface area contributed by atoms with Gasteiger partial charge in [0.15, 0.2) is 20.0 Å². The van der Waals surface area contributed by atoms with Crippen LogP contribution in [-0.4, -0.2) is 82.8 Å². The maximum Gasteiger partial charge on any atom is 0.467 e. The summed E-state index contributed by atoms with van der Waals surface area (Å²) >= 11 is 0. The topological polar surface area (TPSA) is 111 Å². The maximum atomic E-state index is 12.3. The number of carbonyl (C=O) groups is 1. The van der Waals surface area contributed by atoms with Crippen LogP contribution in [0.3, 0.4) is 0 Å². The Balaban J connectivity index is 0. The van der Waals surface area contributed by atoms with Gasteiger partial charge in [0.25, 0.3) is 0 Å². The summed E-state index contributed by atoms with van der Waals surface area (Å²) in [7, 11) is -15.2. The second-order valence-corrected chi connectivity index (χ2v) is 10.4. The number of hydrogen-bond acceptors (Lipinski definition) is 5. The number of sulfonamides is 2. The van der Waals surface area contributed by atoms with Crippen molar-refractivity contribution in [2.24, 2.45) is 0 Å². The van der Waals surface area contributed by atoms with Crippen molar-refractivity contribution in [3.63, 3.8) is 0 Å². The van der Waals surface area contributed by atoms with Crippen molar-refractivity contribution >= 4 is 26.0 Å². The predicted molar refractivity (Wildman–Crippen MR) is 108 cm³/mol. The quantitative estimate of drug-likeness (QED) is 0.160. The van der Waals surface area contributed by atoms with Crippen LogP contribution in [0, 0.1) is 0 Å². The third-order valence-electron chi connectivity index (χ3n) is 4.81. The van der Waals surface area contributed by atoms with Crippen molar-refractivity contribution in [3.8, 4) is 0 Å². The Morgan fingerprint density at radius 3 is 1.39 bits per heavy atom. The van der Waals surface area contributed by atoms with Crippen LogP contribution < -0.4 is 5.32 Å². The highest BCUT2D eigenvalue weighted by Gasteiger charge is 2.68. The molecule has 0 rings (SSSR count). The molecule has 216 valence electrons. The molecule has 1 N–H and O–H groups in total. The minimum atomic E-state index is -7.62. The van der Waals surface area contributed by atoms with E-state index in [4.69, 9.17) is 0 Å². The summed E-state index contributed by atoms with van der Waals surface area (Å²) < 4.78 is 162. The number of halogens is 10. The molecule has 20 heteroatoms. The molecule has 36 heavy (non-hydrogen) atoms. The lowest BCUT2D eigenvalue weighted by Crippen LogP contribution is -2.48. The van der Waals surface area contributed by atoms with Gasteiger partial charge in [-0.2, -0.15) is 43.9 Å². The van der Waals surface area contributed by atoms with Gasteiger partial charge in [-0.3, -0.25) is 4.79 Å². The predicted octanol–water partition coefficient (Wildman–Crippen LogP) is 3.89. The van der Waals surface area contributed by atoms with Gasteiger partial charge in [0.2, 0.25) is 5.91 Å². The van der Waals surface area contributed by atoms with Crippen molar-refractivity contribution in [3.05, 3.63) is 16.8 Å². The van der Waals surface area contributed by atoms with Crippen molar-refractivity contribution < 1.29 is 70.0 Å². The Bertz CT molecular complexity index is 882. The van der Waals surface area contributed by atoms with E-state index in [2.05, 4.69) is 32.7 Å². The van der Waals surface area contributed by atoms with Gasteiger partial charge >= 0.3 is 22.9 Å². The largest absolute Gasteiger partial charge is 0.467 e. The van der Waals surface area contributed by atoms with Gasteiger partial charge in [-0.15, -0.1) is 0 Å². The van der Waals surface area contributed by atoms with E-state index in [9.17, 15) is 65.5 Å². The molecule has 0 saturated carbocycles. The standard InChI is InChI=1S/C12H24N2O.C4F10NO4S2/c1-5-12(15)13-10-9-11-14(6-2,7-3)8-4;5-1(6,7)3(11,12)20(16,17)15-21(18,19)4(13,14)2(8,9)10/h5H,1,6-11H2,2-4H3;/q;-1/p+1. The lowest BCUT2D eigenvalue weighted by atomic mass is 10.3. The molecule has 0 unspecified atom stereocenters. The molecule has 0 fully saturated rings. The van der Waals surface area contributed by atoms with Gasteiger partial charge in [0.05, 0.1) is 26.2 Å². The van der Waals surface area contributed by atoms with E-state index in [0.29, 0.717) is 4.13 Å². The van der Waals surface area contributed by atoms with Crippen molar-refractivity contribution in [1.29, 1.82) is 0 Å². The smallest absolute Gasteiger partial charge is 0.425 e. The molecule has 0 aliphatic rings. The van der Waals surface area contributed by atoms with Crippen LogP contribution in [0.2, 0.25) is 0 Å². The Hall–Kier alpha value is -1.67. The number of hydrogen-bond donors (Lipinski definition) is 1. The molecule has 1 amide bonds. The summed E-state index contributed by atoms with van der Waals surface area (Å²) in [5.74, 6) is -0.0717. The summed E-state index contributed by atoms with van der Waals surface area (Å²) in [5, 5.41) is -11.2. The molecule has 8 nitrogen and oxygen atoms in total. The van der Waals surface area contributed by atoms with Crippen LogP contribution in [0.4, 0.5) is 43.9 Å². The van der Waals surface area contributed by atoms with E-state index < -0.39 is 42.9 Å². The van der Waals surface area contributed by atoms with Gasteiger partial charge in [-0.05, 0) is 26.8 Å². The van der Waals surface area contributed by atoms with E-state index in [1.807, 2.05) is 0 Å². The summed E-state index contributed by atoms with van der Waals surface area (Å²) in [6, 6.07) is 0. The fraction of sp³-hybridized carbons (Fsp3) is 0.812. The number of alkyl halides is 10. The first-order valence-corrected chi connectivity index (χ1v) is 12.6. The number of nitrogens with one attached hydrogen (secondary N) is 1. The van der Waals surface area contributed by atoms with Crippen LogP contribution in [0.5, 0.6) is 0 Å². The first kappa shape index (κ1) is 36.5. The van der Waals surface area contributed by atoms with Gasteiger partial charge in [-0.25, -0.2) is 16.8 Å². The Labute approximate surface area is 201 Å². The van der Waals surface area contributed by atoms with Gasteiger partial charge in [-0.1, -0.05) is 6.58 Å². The monoisotopic (exact) mass is 593 g/mol. The van der Waals surface area contributed by atoms with Gasteiger partial charge < -0.3 is 13.9 Å². The molecular weight excluding hydrogens is 568 g/mol. The van der Waals surface area contributed by atoms with E-state index in [1.165, 1.54) is 25.7 Å². The zero-order chi connectivity index (χ0) is 29.4. The van der Waals surface area contributed by atoms with Crippen LogP contribution in [0.15, 0.2) is 12.7 Å². The lowest BCUT2D eigenvalue weighted by Gasteiger charge is -2.35. The SMILES string of the molecule is C=CC(=O)NCCC[N+](CC)(CC)CC.O=S(=O)([N-]S(=O)(=O)C(F)(F)C(F)(F)F)C(F)(F)C(F)(F)F. The highest BCUT2D eigenvalue weighted by atomic mass is 32.3. The lowest BCUT2D eigenvalue weighted by molar-refractivity contribution is -0.923. The van der Waals surface area contributed by atoms with Crippen LogP contribution in [0.1, 0.15) is 27.2 Å². The molecular formula is C16H25F10N3O5S2. The highest BCUT2D eigenvalue weighted by molar-refractivity contribution is 8.13. The van der Waals surface area contributed by atoms with E-state index in [1.54, 1.807) is 0 Å². The third-order valence-corrected chi connectivity index (χ3v) is 8.14. The number of nitrogens with zero attached hydrogens (tertiary/aromatic N) is 2. The fourth-order valence-corrected chi connectivity index (χ4v) is 4.73. The molecule has 0 bridgehead atoms. The maximum absolute atomic E-state index is 12.3. The third kappa shape index (κ3) is 9.02. The van der Waals surface area contributed by atoms with Crippen molar-refractivity contribution in [2.75, 3.05) is 32.7 Å². The second-order valence-electron chi connectivity index (χ2n) is 6.92. The zero-order valence-electron chi connectivity index (χ0n) is 19.1. The van der Waals surface area contributed by atoms with E-state index in [-0.39, 0.29) is 5.91 Å². The molecule has 0 aromatic rings. The molecule has 0 aliphatic carbocycles. The molecule has 0 radical (unpaired) electrons. The molecule has 0 aromatic heterocycles. The summed E-state index contributed by atoms with van der Waals surface area (Å²) in [6.45, 7) is 15.5. The number of carbonyl (C=O) groups excluding carboxylic acids is 1. The Kier molecular flexibility index (Phi) is 12.9. The van der Waals surface area contributed by atoms with Gasteiger partial charge in [0, 0.05) is 13.0 Å². The van der Waals surface area contributed by atoms with Crippen molar-refractivity contribution in [2.45, 2.75) is 50.1 Å². The molecule has 0 aliphatic heterocycles. The summed E-state index contributed by atoms with van der Waals surface area (Å²) in [5.41, 5.74) is 0. The van der Waals surface area contributed by atoms with Crippen LogP contribution in [0.25, 0.3) is 4.13 Å². The van der Waals surface area contributed by atoms with Crippen molar-refractivity contribution in [1.82, 2.24) is 5.32 Å². The van der Waals surface area contributed by atoms with Gasteiger partial charge in [0.1, 0.15) is 0 Å². The average molecular weight is 594 g/mol. The fourth-order valence-electron chi connectivity index (χ4n) is 2.36. The highest BCUT2D eigenvalue weighted by Crippen LogP contribution is 2.47. The first-order chi connectivity index (χ1) is 15.8. The molecule has 0 saturated heterocycles. The minimum absolute atomic E-state index is 0.0717. The molecule has 0 atom stereocenters. The van der Waals surface area contributed by atoms with E-state index >= 15 is 0 Å². The summed E-state index contributed by atoms with van der Waals surface area (Å²) in [6.07, 6.45) is -11.6. The number of quaternary nitrogens is 1. The minimum Gasteiger partial charge on any atom is -0.425 e. The summed E-state index contributed by atoms with van der Waals surface area (Å²) in [4.78, 5) is 10.9. The molecule has 0 heterocycles. The number of amides is 1. The Morgan fingerprint density at radius 2 is 1.14 bits per heavy atom. The normalized spacial score (nSPS) is 14.0. The Morgan fingerprint density at radius 1 is 0.806 bits per heavy atom. The zero-order valence-corrected chi connectivity index (χ0v) is 20.7. The molecule has 0 aromatic carbocycles. The van der Waals surface area contributed by atoms with E-state index in [0.717, 1.165) is 24.0 Å². The first-order valence-electron chi connectivity index (χ1n) is 9.72. The van der Waals surface area contributed by atoms with Crippen LogP contribution >= 0.6 is 0 Å². The molecule has 0 spiro atoms. The number of rotatable bonds is 12. The van der Waals surface area contributed by atoms with Crippen LogP contribution in [-0.2, 0) is 24.8 Å².